The van der Waals surface area contributed by atoms with Crippen LogP contribution in [0, 0.1) is 44.4 Å². The number of phenolic OH excluding ortho intramolecular Hbond substituents is 5. The number of nitrogens with one attached hydrogen (secondary N) is 2. The molecule has 124 heavy (non-hydrogen) atoms. The van der Waals surface area contributed by atoms with E-state index in [0.717, 1.165) is 61.8 Å². The molecule has 10 aromatic carbocycles. The molecule has 0 saturated heterocycles. The van der Waals surface area contributed by atoms with Gasteiger partial charge in [-0.05, 0) is 234 Å². The standard InChI is InChI=1S/C28H25NO6.C27H23NO4.C23H22O7.C21H18O6/c1-18-15-19(7-11-23(18)31)9-13-25(33)27(28(35)29-22-5-3-2-4-6-22)26(34)14-10-20-8-12-24(32)21(16-20)17-30;1-19-7-9-20(10-8-19)13-17-24(30)26(27(32)28-22-5-3-2-4-6-22)25(31)18-14-21-11-15-23(29)16-12-21;1-14-11-15(3-7-18(14)25)5-9-20(27)22(23(29)30-2)21(28)10-6-16-4-8-19(26)17(12-16)13-24;1-27-21(26)20(18(24)12-6-14-2-8-16(22)9-3-14)19(25)13-7-15-4-10-17(23)11-5-15/h2-16,27,30-32H,17H2,1H3,(H,29,35);2-18,26,29H,1H3,(H,28,32);3-12,22,24-26H,13H2,1-2H3;2-13,20,22-23H,1H3/b13-9+,14-10+;17-13+,18-14+;9-5+,10-6+;12-6+,13-7+. The predicted octanol–water partition coefficient (Wildman–Crippen LogP) is 14.1. The summed E-state index contributed by atoms with van der Waals surface area (Å²) in [6.07, 6.45) is 20.8. The minimum absolute atomic E-state index is 0.0825. The van der Waals surface area contributed by atoms with Crippen LogP contribution in [0.15, 0.2) is 279 Å². The molecule has 2 amide bonds. The number of allylic oxidation sites excluding steroid dienone is 8. The summed E-state index contributed by atoms with van der Waals surface area (Å²) in [4.78, 5) is 151. The summed E-state index contributed by atoms with van der Waals surface area (Å²) >= 11 is 0. The van der Waals surface area contributed by atoms with Crippen LogP contribution in [0.25, 0.3) is 48.6 Å². The van der Waals surface area contributed by atoms with Crippen LogP contribution in [0.5, 0.6) is 40.2 Å². The van der Waals surface area contributed by atoms with Crippen molar-refractivity contribution in [1.82, 2.24) is 0 Å². The molecule has 0 bridgehead atoms. The van der Waals surface area contributed by atoms with Gasteiger partial charge in [0.2, 0.25) is 11.8 Å². The summed E-state index contributed by atoms with van der Waals surface area (Å²) in [5, 5.41) is 90.1. The third kappa shape index (κ3) is 30.4. The van der Waals surface area contributed by atoms with Crippen molar-refractivity contribution in [3.8, 4) is 40.2 Å². The molecule has 632 valence electrons. The van der Waals surface area contributed by atoms with Gasteiger partial charge in [-0.2, -0.15) is 0 Å². The van der Waals surface area contributed by atoms with Gasteiger partial charge < -0.3 is 66.1 Å². The minimum Gasteiger partial charge on any atom is -0.508 e. The highest BCUT2D eigenvalue weighted by Gasteiger charge is 2.35. The van der Waals surface area contributed by atoms with Crippen molar-refractivity contribution in [1.29, 1.82) is 0 Å². The average Bonchev–Trinajstić information content (AvgIpc) is 0.846. The van der Waals surface area contributed by atoms with E-state index in [1.54, 1.807) is 141 Å². The third-order valence-electron chi connectivity index (χ3n) is 18.0. The molecule has 0 saturated carbocycles. The number of anilines is 2. The van der Waals surface area contributed by atoms with E-state index in [-0.39, 0.29) is 64.6 Å². The monoisotopic (exact) mass is 1670 g/mol. The number of aryl methyl sites for hydroxylation is 3. The average molecular weight is 1670 g/mol. The molecule has 0 aliphatic heterocycles. The molecule has 0 aliphatic rings. The maximum absolute atomic E-state index is 13.0. The summed E-state index contributed by atoms with van der Waals surface area (Å²) in [6, 6.07) is 61.2. The van der Waals surface area contributed by atoms with Crippen molar-refractivity contribution in [2.24, 2.45) is 23.7 Å². The van der Waals surface area contributed by atoms with E-state index in [2.05, 4.69) is 20.1 Å². The maximum Gasteiger partial charge on any atom is 0.324 e. The summed E-state index contributed by atoms with van der Waals surface area (Å²) in [6.45, 7) is 4.60. The second kappa shape index (κ2) is 48.1. The number of benzene rings is 10. The molecule has 25 heteroatoms. The van der Waals surface area contributed by atoms with Gasteiger partial charge in [0.05, 0.1) is 27.4 Å². The number of aliphatic hydroxyl groups is 2. The lowest BCUT2D eigenvalue weighted by molar-refractivity contribution is -0.153. The van der Waals surface area contributed by atoms with Crippen LogP contribution in [-0.2, 0) is 80.2 Å². The summed E-state index contributed by atoms with van der Waals surface area (Å²) in [7, 11) is 2.18. The fourth-order valence-electron chi connectivity index (χ4n) is 11.1. The molecular weight excluding hydrogens is 1590 g/mol. The number of rotatable bonds is 32. The van der Waals surface area contributed by atoms with E-state index in [1.807, 2.05) is 31.2 Å². The van der Waals surface area contributed by atoms with E-state index in [9.17, 15) is 103 Å². The first-order valence-corrected chi connectivity index (χ1v) is 37.9. The number of aliphatic hydroxyl groups excluding tert-OH is 2. The lowest BCUT2D eigenvalue weighted by Gasteiger charge is -2.12. The largest absolute Gasteiger partial charge is 0.508 e. The van der Waals surface area contributed by atoms with E-state index in [4.69, 9.17) is 0 Å². The highest BCUT2D eigenvalue weighted by atomic mass is 16.5. The van der Waals surface area contributed by atoms with Gasteiger partial charge in [-0.1, -0.05) is 175 Å². The molecule has 3 unspecified atom stereocenters. The molecule has 3 atom stereocenters. The Morgan fingerprint density at radius 1 is 0.282 bits per heavy atom. The quantitative estimate of drug-likeness (QED) is 0.0106. The number of phenols is 7. The van der Waals surface area contributed by atoms with Gasteiger partial charge in [-0.3, -0.25) is 57.5 Å². The first-order chi connectivity index (χ1) is 59.4. The lowest BCUT2D eigenvalue weighted by atomic mass is 9.95. The molecule has 25 nitrogen and oxygen atoms in total. The van der Waals surface area contributed by atoms with E-state index >= 15 is 0 Å². The Hall–Kier alpha value is -16.1. The highest BCUT2D eigenvalue weighted by Crippen LogP contribution is 2.26. The molecule has 11 N–H and O–H groups in total. The Morgan fingerprint density at radius 3 is 0.758 bits per heavy atom. The van der Waals surface area contributed by atoms with Gasteiger partial charge in [-0.25, -0.2) is 0 Å². The van der Waals surface area contributed by atoms with Crippen molar-refractivity contribution in [2.75, 3.05) is 24.9 Å². The third-order valence-corrected chi connectivity index (χ3v) is 18.0. The number of aromatic hydroxyl groups is 7. The Morgan fingerprint density at radius 2 is 0.508 bits per heavy atom. The zero-order valence-corrected chi connectivity index (χ0v) is 67.6. The maximum atomic E-state index is 13.0. The van der Waals surface area contributed by atoms with Crippen LogP contribution in [0.4, 0.5) is 11.4 Å². The number of ketones is 8. The number of para-hydroxylation sites is 2. The SMILES string of the molecule is COC(=O)C(C(=O)/C=C/c1ccc(O)c(C)c1)C(=O)/C=C/c1ccc(O)c(CO)c1.COC(=O)C(C(=O)/C=C/c1ccc(O)cc1)C(=O)/C=C/c1ccc(O)cc1.Cc1cc(/C=C/C(=O)C(C(=O)/C=C/c2ccc(O)c(CO)c2)C(=O)Nc2ccccc2)ccc1O.Cc1ccc(/C=C/C(=O)C(C(=O)/C=C/c2ccc(O)cc2)C(=O)Nc2ccccc2)cc1. The zero-order valence-electron chi connectivity index (χ0n) is 67.6. The number of carbonyl (C=O) groups excluding carboxylic acids is 12. The molecule has 0 aliphatic carbocycles. The van der Waals surface area contributed by atoms with Crippen LogP contribution in [-0.4, -0.2) is 130 Å². The van der Waals surface area contributed by atoms with Crippen molar-refractivity contribution < 1.29 is 113 Å². The molecule has 0 radical (unpaired) electrons. The summed E-state index contributed by atoms with van der Waals surface area (Å²) in [5.74, 6) is -15.1. The molecule has 10 aromatic rings. The van der Waals surface area contributed by atoms with Crippen LogP contribution in [0.1, 0.15) is 72.3 Å². The number of carbonyl (C=O) groups is 12. The fraction of sp³-hybridized carbons (Fsp3) is 0.111. The van der Waals surface area contributed by atoms with Gasteiger partial charge in [0.15, 0.2) is 69.9 Å². The zero-order chi connectivity index (χ0) is 90.4. The van der Waals surface area contributed by atoms with Crippen LogP contribution >= 0.6 is 0 Å². The summed E-state index contributed by atoms with van der Waals surface area (Å²) in [5.41, 5.74) is 8.74. The number of esters is 2. The Bertz CT molecular complexity index is 5610. The topological polar surface area (TPSA) is 429 Å². The van der Waals surface area contributed by atoms with E-state index < -0.39 is 93.7 Å². The second-order valence-electron chi connectivity index (χ2n) is 27.2. The van der Waals surface area contributed by atoms with E-state index in [1.165, 1.54) is 140 Å². The van der Waals surface area contributed by atoms with Crippen LogP contribution in [0.2, 0.25) is 0 Å². The van der Waals surface area contributed by atoms with Gasteiger partial charge in [0.25, 0.3) is 0 Å². The van der Waals surface area contributed by atoms with Gasteiger partial charge in [-0.15, -0.1) is 0 Å². The smallest absolute Gasteiger partial charge is 0.324 e. The number of methoxy groups -OCH3 is 2. The van der Waals surface area contributed by atoms with Gasteiger partial charge in [0.1, 0.15) is 40.2 Å². The van der Waals surface area contributed by atoms with Crippen molar-refractivity contribution in [2.45, 2.75) is 34.0 Å². The second-order valence-corrected chi connectivity index (χ2v) is 27.2. The number of amides is 2. The Kier molecular flexibility index (Phi) is 36.8. The first-order valence-electron chi connectivity index (χ1n) is 37.9. The number of ether oxygens (including phenoxy) is 2. The fourth-order valence-corrected chi connectivity index (χ4v) is 11.1. The summed E-state index contributed by atoms with van der Waals surface area (Å²) < 4.78 is 9.17. The number of hydrogen-bond donors (Lipinski definition) is 11. The predicted molar refractivity (Wildman–Crippen MR) is 470 cm³/mol. The normalized spacial score (nSPS) is 11.9. The molecule has 10 rings (SSSR count). The highest BCUT2D eigenvalue weighted by molar-refractivity contribution is 6.30. The first kappa shape index (κ1) is 95.0. The van der Waals surface area contributed by atoms with Crippen molar-refractivity contribution >= 4 is 130 Å². The molecule has 0 fully saturated rings. The van der Waals surface area contributed by atoms with Crippen LogP contribution < -0.4 is 10.6 Å². The molecule has 0 spiro atoms. The van der Waals surface area contributed by atoms with Gasteiger partial charge >= 0.3 is 11.9 Å². The van der Waals surface area contributed by atoms with Gasteiger partial charge in [0, 0.05) is 22.5 Å². The minimum atomic E-state index is -1.66. The Balaban J connectivity index is 0.000000228. The Labute approximate surface area is 713 Å². The molecular formula is C99H88N2O23. The molecule has 0 heterocycles. The van der Waals surface area contributed by atoms with E-state index in [0.29, 0.717) is 61.4 Å². The van der Waals surface area contributed by atoms with Crippen molar-refractivity contribution in [3.63, 3.8) is 0 Å². The van der Waals surface area contributed by atoms with Crippen molar-refractivity contribution in [3.05, 3.63) is 351 Å². The van der Waals surface area contributed by atoms with Crippen LogP contribution in [0.3, 0.4) is 0 Å². The molecule has 0 aromatic heterocycles. The number of hydrogen-bond acceptors (Lipinski definition) is 23. The lowest BCUT2D eigenvalue weighted by Crippen LogP contribution is -2.34.